The van der Waals surface area contributed by atoms with Crippen molar-refractivity contribution in [1.29, 1.82) is 0 Å². The lowest BCUT2D eigenvalue weighted by molar-refractivity contribution is 0.0379. The molecule has 0 radical (unpaired) electrons. The Hall–Kier alpha value is -0.390. The van der Waals surface area contributed by atoms with Crippen molar-refractivity contribution in [2.45, 2.75) is 0 Å². The molecule has 1 saturated heterocycles. The second-order valence-electron chi connectivity index (χ2n) is 3.68. The van der Waals surface area contributed by atoms with Gasteiger partial charge < -0.3 is 9.73 Å². The van der Waals surface area contributed by atoms with Crippen molar-refractivity contribution in [2.75, 3.05) is 31.2 Å². The van der Waals surface area contributed by atoms with Crippen LogP contribution in [0.1, 0.15) is 0 Å². The van der Waals surface area contributed by atoms with E-state index in [1.807, 2.05) is 5.01 Å². The molecule has 0 spiro atoms. The molecule has 2 rings (SSSR count). The molecule has 1 aromatic heterocycles. The minimum atomic E-state index is 0.275. The molecule has 0 bridgehead atoms. The first-order chi connectivity index (χ1) is 9.11. The molecule has 104 valence electrons. The number of thiol groups is 2. The lowest BCUT2D eigenvalue weighted by Crippen LogP contribution is -2.60. The molecule has 1 fully saturated rings. The summed E-state index contributed by atoms with van der Waals surface area (Å²) >= 11 is 18.8. The summed E-state index contributed by atoms with van der Waals surface area (Å²) in [5.74, 6) is 0. The number of aromatic nitrogens is 1. The highest BCUT2D eigenvalue weighted by atomic mass is 32.1. The molecule has 2 heterocycles. The van der Waals surface area contributed by atoms with Crippen LogP contribution in [0, 0.1) is 0 Å². The van der Waals surface area contributed by atoms with Gasteiger partial charge in [0.1, 0.15) is 6.26 Å². The molecule has 0 amide bonds. The number of anilines is 1. The third-order valence-electron chi connectivity index (χ3n) is 2.50. The lowest BCUT2D eigenvalue weighted by Gasteiger charge is -2.42. The highest BCUT2D eigenvalue weighted by Crippen LogP contribution is 2.20. The Morgan fingerprint density at radius 2 is 2.00 bits per heavy atom. The zero-order chi connectivity index (χ0) is 13.8. The van der Waals surface area contributed by atoms with E-state index in [1.54, 1.807) is 5.12 Å². The Labute approximate surface area is 132 Å². The van der Waals surface area contributed by atoms with E-state index in [-0.39, 0.29) is 4.32 Å². The van der Waals surface area contributed by atoms with Gasteiger partial charge >= 0.3 is 6.01 Å². The van der Waals surface area contributed by atoms with Crippen LogP contribution < -0.4 is 10.3 Å². The van der Waals surface area contributed by atoms with Gasteiger partial charge in [-0.25, -0.2) is 4.98 Å². The van der Waals surface area contributed by atoms with Crippen LogP contribution in [0.4, 0.5) is 6.01 Å². The van der Waals surface area contributed by atoms with Crippen LogP contribution in [0.25, 0.3) is 0 Å². The van der Waals surface area contributed by atoms with Crippen LogP contribution >= 0.6 is 49.7 Å². The molecule has 6 nitrogen and oxygen atoms in total. The highest BCUT2D eigenvalue weighted by Gasteiger charge is 2.29. The molecule has 1 aromatic rings. The Bertz CT molecular complexity index is 447. The summed E-state index contributed by atoms with van der Waals surface area (Å²) < 4.78 is 5.90. The second-order valence-corrected chi connectivity index (χ2v) is 5.91. The molecular formula is C9H13N5OS4. The van der Waals surface area contributed by atoms with Crippen molar-refractivity contribution in [3.05, 3.63) is 12.5 Å². The van der Waals surface area contributed by atoms with E-state index in [9.17, 15) is 0 Å². The Balaban J connectivity index is 2.29. The summed E-state index contributed by atoms with van der Waals surface area (Å²) in [5, 5.41) is 8.44. The van der Waals surface area contributed by atoms with Gasteiger partial charge in [-0.05, 0) is 12.2 Å². The largest absolute Gasteiger partial charge is 0.431 e. The van der Waals surface area contributed by atoms with Crippen LogP contribution in [-0.4, -0.2) is 49.9 Å². The van der Waals surface area contributed by atoms with Gasteiger partial charge in [-0.1, -0.05) is 12.2 Å². The summed E-state index contributed by atoms with van der Waals surface area (Å²) in [6.07, 6.45) is 3.00. The minimum absolute atomic E-state index is 0.275. The van der Waals surface area contributed by atoms with E-state index < -0.39 is 0 Å². The molecule has 0 atom stereocenters. The predicted octanol–water partition coefficient (Wildman–Crippen LogP) is 0.948. The van der Waals surface area contributed by atoms with Gasteiger partial charge in [-0.15, -0.1) is 25.3 Å². The molecule has 0 aromatic carbocycles. The minimum Gasteiger partial charge on any atom is -0.431 e. The molecule has 10 heteroatoms. The average molecular weight is 336 g/mol. The maximum atomic E-state index is 5.28. The first-order valence-electron chi connectivity index (χ1n) is 5.52. The number of thiocarbonyl (C=S) groups is 2. The molecular weight excluding hydrogens is 322 g/mol. The average Bonchev–Trinajstić information content (AvgIpc) is 2.89. The van der Waals surface area contributed by atoms with Gasteiger partial charge in [0.2, 0.25) is 0 Å². The van der Waals surface area contributed by atoms with Gasteiger partial charge in [-0.3, -0.25) is 0 Å². The van der Waals surface area contributed by atoms with Gasteiger partial charge in [-0.2, -0.15) is 15.1 Å². The van der Waals surface area contributed by atoms with Crippen molar-refractivity contribution in [3.8, 4) is 0 Å². The summed E-state index contributed by atoms with van der Waals surface area (Å²) in [4.78, 5) is 4.08. The maximum absolute atomic E-state index is 5.28. The van der Waals surface area contributed by atoms with Crippen molar-refractivity contribution in [1.82, 2.24) is 20.4 Å². The first kappa shape index (κ1) is 15.0. The van der Waals surface area contributed by atoms with E-state index in [0.29, 0.717) is 10.3 Å². The van der Waals surface area contributed by atoms with Gasteiger partial charge in [0.05, 0.1) is 6.20 Å². The summed E-state index contributed by atoms with van der Waals surface area (Å²) in [6.45, 7) is 3.25. The van der Waals surface area contributed by atoms with Crippen molar-refractivity contribution in [2.24, 2.45) is 0 Å². The van der Waals surface area contributed by atoms with Crippen LogP contribution in [0.2, 0.25) is 0 Å². The Morgan fingerprint density at radius 3 is 2.47 bits per heavy atom. The number of piperazine rings is 1. The number of hydrogen-bond acceptors (Lipinski definition) is 6. The molecule has 1 N–H and O–H groups in total. The first-order valence-corrected chi connectivity index (χ1v) is 7.23. The van der Waals surface area contributed by atoms with E-state index in [0.717, 1.165) is 26.2 Å². The quantitative estimate of drug-likeness (QED) is 0.420. The second kappa shape index (κ2) is 6.86. The van der Waals surface area contributed by atoms with Crippen LogP contribution in [0.5, 0.6) is 0 Å². The number of hydrogen-bond donors (Lipinski definition) is 3. The molecule has 1 aliphatic heterocycles. The van der Waals surface area contributed by atoms with Crippen molar-refractivity contribution in [3.63, 3.8) is 0 Å². The molecule has 0 unspecified atom stereocenters. The van der Waals surface area contributed by atoms with Gasteiger partial charge in [0, 0.05) is 26.2 Å². The van der Waals surface area contributed by atoms with Crippen LogP contribution in [0.3, 0.4) is 0 Å². The summed E-state index contributed by atoms with van der Waals surface area (Å²) in [6, 6.07) is 0.301. The highest BCUT2D eigenvalue weighted by molar-refractivity contribution is 8.12. The van der Waals surface area contributed by atoms with Crippen molar-refractivity contribution >= 4 is 64.3 Å². The fourth-order valence-corrected chi connectivity index (χ4v) is 2.48. The number of nitrogens with zero attached hydrogens (tertiary/aromatic N) is 4. The lowest BCUT2D eigenvalue weighted by atomic mass is 10.4. The predicted molar refractivity (Wildman–Crippen MR) is 88.4 cm³/mol. The number of oxazole rings is 1. The summed E-state index contributed by atoms with van der Waals surface area (Å²) in [5.41, 5.74) is 0. The van der Waals surface area contributed by atoms with Crippen molar-refractivity contribution < 1.29 is 4.42 Å². The van der Waals surface area contributed by atoms with Crippen LogP contribution in [0.15, 0.2) is 16.9 Å². The van der Waals surface area contributed by atoms with E-state index in [4.69, 9.17) is 28.9 Å². The number of nitrogens with one attached hydrogen (secondary N) is 1. The van der Waals surface area contributed by atoms with Gasteiger partial charge in [0.15, 0.2) is 8.64 Å². The Kier molecular flexibility index (Phi) is 5.42. The maximum Gasteiger partial charge on any atom is 0.324 e. The molecule has 0 aliphatic carbocycles. The normalized spacial score (nSPS) is 16.1. The SMILES string of the molecule is S=C(S)N(c1ncco1)N(C(=S)S)N1CCNCC1. The smallest absolute Gasteiger partial charge is 0.324 e. The fraction of sp³-hybridized carbons (Fsp3) is 0.444. The topological polar surface area (TPSA) is 47.8 Å². The third-order valence-corrected chi connectivity index (χ3v) is 3.21. The molecule has 0 saturated carbocycles. The monoisotopic (exact) mass is 335 g/mol. The number of rotatable bonds is 2. The zero-order valence-electron chi connectivity index (χ0n) is 9.89. The zero-order valence-corrected chi connectivity index (χ0v) is 13.3. The standard InChI is InChI=1S/C9H13N5OS4/c16-8(17)13(7-11-3-6-15-7)14(9(18)19)12-4-1-10-2-5-12/h3,6,10H,1-2,4-5H2,(H,16,17)(H,18,19). The van der Waals surface area contributed by atoms with E-state index in [1.165, 1.54) is 17.5 Å². The fourth-order valence-electron chi connectivity index (χ4n) is 1.74. The van der Waals surface area contributed by atoms with Crippen LogP contribution in [-0.2, 0) is 0 Å². The summed E-state index contributed by atoms with van der Waals surface area (Å²) in [7, 11) is 0. The van der Waals surface area contributed by atoms with E-state index in [2.05, 4.69) is 35.6 Å². The molecule has 1 aliphatic rings. The molecule has 19 heavy (non-hydrogen) atoms. The van der Waals surface area contributed by atoms with Gasteiger partial charge in [0.25, 0.3) is 0 Å². The number of hydrazine groups is 2. The third kappa shape index (κ3) is 3.58. The Morgan fingerprint density at radius 1 is 1.32 bits per heavy atom. The van der Waals surface area contributed by atoms with E-state index >= 15 is 0 Å².